The minimum atomic E-state index is -0.776. The molecule has 15 heteroatoms. The summed E-state index contributed by atoms with van der Waals surface area (Å²) in [6, 6.07) is 9.62. The summed E-state index contributed by atoms with van der Waals surface area (Å²) in [4.78, 5) is 23.2. The second-order valence-corrected chi connectivity index (χ2v) is 6.81. The first-order valence-corrected chi connectivity index (χ1v) is 9.34. The Hall–Kier alpha value is -4.85. The van der Waals surface area contributed by atoms with Crippen LogP contribution >= 0.6 is 11.6 Å². The summed E-state index contributed by atoms with van der Waals surface area (Å²) in [5.41, 5.74) is 8.37. The van der Waals surface area contributed by atoms with Gasteiger partial charge >= 0.3 is 0 Å². The third-order valence-corrected chi connectivity index (χ3v) is 4.53. The molecule has 2 heterocycles. The van der Waals surface area contributed by atoms with Gasteiger partial charge in [0.15, 0.2) is 5.69 Å². The molecule has 4 aromatic rings. The SMILES string of the molecule is Nc1nonc1-n1nnc(C(=O)NN=Cc2cc(Cl)ccc2O)c1-c1ccc([N+](=O)[O-])cc1. The monoisotopic (exact) mass is 469 g/mol. The third-order valence-electron chi connectivity index (χ3n) is 4.29. The molecule has 33 heavy (non-hydrogen) atoms. The van der Waals surface area contributed by atoms with E-state index in [0.29, 0.717) is 10.6 Å². The average Bonchev–Trinajstić information content (AvgIpc) is 3.42. The first-order chi connectivity index (χ1) is 15.8. The van der Waals surface area contributed by atoms with E-state index < -0.39 is 10.8 Å². The van der Waals surface area contributed by atoms with Gasteiger partial charge in [-0.1, -0.05) is 16.8 Å². The molecule has 0 fully saturated rings. The number of anilines is 1. The largest absolute Gasteiger partial charge is 0.507 e. The Morgan fingerprint density at radius 3 is 2.70 bits per heavy atom. The molecule has 2 aromatic heterocycles. The molecule has 0 saturated carbocycles. The first-order valence-electron chi connectivity index (χ1n) is 8.96. The Morgan fingerprint density at radius 1 is 1.27 bits per heavy atom. The van der Waals surface area contributed by atoms with Crippen LogP contribution < -0.4 is 11.2 Å². The Morgan fingerprint density at radius 2 is 2.03 bits per heavy atom. The van der Waals surface area contributed by atoms with E-state index in [9.17, 15) is 20.0 Å². The Kier molecular flexibility index (Phi) is 5.65. The van der Waals surface area contributed by atoms with Crippen molar-refractivity contribution in [2.75, 3.05) is 5.73 Å². The quantitative estimate of drug-likeness (QED) is 0.213. The van der Waals surface area contributed by atoms with E-state index in [-0.39, 0.29) is 40.0 Å². The maximum Gasteiger partial charge on any atom is 0.294 e. The number of non-ortho nitro benzene ring substituents is 1. The molecule has 0 unspecified atom stereocenters. The molecule has 4 rings (SSSR count). The number of hydrazone groups is 1. The number of carbonyl (C=O) groups excluding carboxylic acids is 1. The number of nitrogens with one attached hydrogen (secondary N) is 1. The number of carbonyl (C=O) groups is 1. The van der Waals surface area contributed by atoms with Crippen LogP contribution in [0.1, 0.15) is 16.1 Å². The summed E-state index contributed by atoms with van der Waals surface area (Å²) in [6.45, 7) is 0. The molecule has 1 amide bonds. The number of aromatic nitrogens is 5. The van der Waals surface area contributed by atoms with Crippen LogP contribution in [0.4, 0.5) is 11.5 Å². The summed E-state index contributed by atoms with van der Waals surface area (Å²) in [5, 5.41) is 39.8. The van der Waals surface area contributed by atoms with Crippen LogP contribution in [0.15, 0.2) is 52.2 Å². The van der Waals surface area contributed by atoms with E-state index in [1.54, 1.807) is 0 Å². The molecule has 2 aromatic carbocycles. The third kappa shape index (κ3) is 4.31. The highest BCUT2D eigenvalue weighted by atomic mass is 35.5. The molecule has 0 saturated heterocycles. The maximum atomic E-state index is 12.8. The van der Waals surface area contributed by atoms with Crippen LogP contribution in [-0.4, -0.2) is 47.5 Å². The molecule has 0 spiro atoms. The Bertz CT molecular complexity index is 1380. The zero-order valence-electron chi connectivity index (χ0n) is 16.3. The van der Waals surface area contributed by atoms with Gasteiger partial charge in [0.2, 0.25) is 11.6 Å². The summed E-state index contributed by atoms with van der Waals surface area (Å²) >= 11 is 5.89. The van der Waals surface area contributed by atoms with Gasteiger partial charge in [-0.05, 0) is 40.6 Å². The van der Waals surface area contributed by atoms with Gasteiger partial charge in [-0.3, -0.25) is 14.9 Å². The van der Waals surface area contributed by atoms with Crippen LogP contribution in [0.25, 0.3) is 17.1 Å². The van der Waals surface area contributed by atoms with E-state index >= 15 is 0 Å². The summed E-state index contributed by atoms with van der Waals surface area (Å²) in [6.07, 6.45) is 1.19. The van der Waals surface area contributed by atoms with Crippen LogP contribution in [0.2, 0.25) is 5.02 Å². The first kappa shape index (κ1) is 21.4. The van der Waals surface area contributed by atoms with E-state index in [1.807, 2.05) is 0 Å². The minimum absolute atomic E-state index is 0.0396. The lowest BCUT2D eigenvalue weighted by Gasteiger charge is -2.06. The lowest BCUT2D eigenvalue weighted by atomic mass is 10.1. The summed E-state index contributed by atoms with van der Waals surface area (Å²) < 4.78 is 5.69. The van der Waals surface area contributed by atoms with E-state index in [0.717, 1.165) is 4.68 Å². The highest BCUT2D eigenvalue weighted by Gasteiger charge is 2.25. The summed E-state index contributed by atoms with van der Waals surface area (Å²) in [7, 11) is 0. The second-order valence-electron chi connectivity index (χ2n) is 6.38. The highest BCUT2D eigenvalue weighted by Crippen LogP contribution is 2.28. The van der Waals surface area contributed by atoms with Crippen molar-refractivity contribution in [3.05, 3.63) is 68.9 Å². The van der Waals surface area contributed by atoms with E-state index in [4.69, 9.17) is 17.3 Å². The van der Waals surface area contributed by atoms with Gasteiger partial charge in [0.25, 0.3) is 11.6 Å². The number of nitrogen functional groups attached to an aromatic ring is 1. The fourth-order valence-electron chi connectivity index (χ4n) is 2.76. The average molecular weight is 470 g/mol. The van der Waals surface area contributed by atoms with Crippen molar-refractivity contribution in [1.29, 1.82) is 0 Å². The van der Waals surface area contributed by atoms with Crippen molar-refractivity contribution >= 4 is 35.2 Å². The normalized spacial score (nSPS) is 11.1. The number of hydrogen-bond acceptors (Lipinski definition) is 11. The maximum absolute atomic E-state index is 12.8. The van der Waals surface area contributed by atoms with Gasteiger partial charge in [0, 0.05) is 28.3 Å². The lowest BCUT2D eigenvalue weighted by Crippen LogP contribution is -2.19. The minimum Gasteiger partial charge on any atom is -0.507 e. The molecule has 0 aliphatic carbocycles. The lowest BCUT2D eigenvalue weighted by molar-refractivity contribution is -0.384. The molecule has 0 aliphatic heterocycles. The van der Waals surface area contributed by atoms with Gasteiger partial charge in [0.05, 0.1) is 11.1 Å². The zero-order valence-corrected chi connectivity index (χ0v) is 17.0. The van der Waals surface area contributed by atoms with Crippen molar-refractivity contribution in [3.63, 3.8) is 0 Å². The number of halogens is 1. The number of hydrogen-bond donors (Lipinski definition) is 3. The number of nitrogens with zero attached hydrogens (tertiary/aromatic N) is 7. The molecule has 0 bridgehead atoms. The van der Waals surface area contributed by atoms with Gasteiger partial charge in [-0.25, -0.2) is 10.1 Å². The molecular formula is C18H12ClN9O5. The van der Waals surface area contributed by atoms with Gasteiger partial charge in [-0.2, -0.15) is 9.78 Å². The molecule has 0 atom stereocenters. The van der Waals surface area contributed by atoms with Crippen molar-refractivity contribution in [3.8, 4) is 22.8 Å². The van der Waals surface area contributed by atoms with Crippen LogP contribution in [0, 0.1) is 10.1 Å². The van der Waals surface area contributed by atoms with E-state index in [1.165, 1.54) is 48.7 Å². The van der Waals surface area contributed by atoms with Crippen LogP contribution in [0.5, 0.6) is 5.75 Å². The smallest absolute Gasteiger partial charge is 0.294 e. The van der Waals surface area contributed by atoms with Crippen molar-refractivity contribution in [1.82, 2.24) is 30.7 Å². The van der Waals surface area contributed by atoms with Crippen molar-refractivity contribution < 1.29 is 19.5 Å². The van der Waals surface area contributed by atoms with Gasteiger partial charge in [0.1, 0.15) is 11.4 Å². The van der Waals surface area contributed by atoms with Gasteiger partial charge in [-0.15, -0.1) is 5.10 Å². The van der Waals surface area contributed by atoms with Crippen molar-refractivity contribution in [2.45, 2.75) is 0 Å². The second kappa shape index (κ2) is 8.72. The van der Waals surface area contributed by atoms with Gasteiger partial charge < -0.3 is 10.8 Å². The molecular weight excluding hydrogens is 458 g/mol. The molecule has 4 N–H and O–H groups in total. The number of aromatic hydroxyl groups is 1. The van der Waals surface area contributed by atoms with Crippen molar-refractivity contribution in [2.24, 2.45) is 5.10 Å². The molecule has 0 radical (unpaired) electrons. The predicted octanol–water partition coefficient (Wildman–Crippen LogP) is 1.93. The number of phenolic OH excluding ortho intramolecular Hbond substituents is 1. The Labute approximate surface area is 188 Å². The molecule has 166 valence electrons. The topological polar surface area (TPSA) is 200 Å². The number of benzene rings is 2. The fraction of sp³-hybridized carbons (Fsp3) is 0. The summed E-state index contributed by atoms with van der Waals surface area (Å²) in [5.74, 6) is -1.03. The number of nitrogens with two attached hydrogens (primary N) is 1. The molecule has 14 nitrogen and oxygen atoms in total. The fourth-order valence-corrected chi connectivity index (χ4v) is 2.94. The van der Waals surface area contributed by atoms with Crippen LogP contribution in [0.3, 0.4) is 0 Å². The standard InChI is InChI=1S/C18H12ClN9O5/c19-11-3-6-13(29)10(7-11)8-21-23-18(30)14-15(9-1-4-12(5-2-9)28(31)32)27(26-22-14)17-16(20)24-33-25-17/h1-8,29H,(H2,20,24)(H,23,30). The van der Waals surface area contributed by atoms with E-state index in [2.05, 4.69) is 35.8 Å². The zero-order chi connectivity index (χ0) is 23.5. The predicted molar refractivity (Wildman–Crippen MR) is 114 cm³/mol. The number of rotatable bonds is 6. The molecule has 0 aliphatic rings. The number of nitro groups is 1. The van der Waals surface area contributed by atoms with Crippen LogP contribution in [-0.2, 0) is 0 Å². The highest BCUT2D eigenvalue weighted by molar-refractivity contribution is 6.30. The number of phenols is 1. The number of nitro benzene ring substituents is 1. The Balaban J connectivity index is 1.70. The number of amides is 1.